The van der Waals surface area contributed by atoms with Crippen LogP contribution in [-0.4, -0.2) is 48.2 Å². The average Bonchev–Trinajstić information content (AvgIpc) is 2.52. The summed E-state index contributed by atoms with van der Waals surface area (Å²) in [4.78, 5) is 23.4. The average molecular weight is 331 g/mol. The van der Waals surface area contributed by atoms with Crippen molar-refractivity contribution >= 4 is 11.9 Å². The van der Waals surface area contributed by atoms with Crippen LogP contribution in [-0.2, 0) is 14.3 Å². The molecule has 0 rings (SSSR count). The summed E-state index contributed by atoms with van der Waals surface area (Å²) in [5.74, 6) is -0.728. The summed E-state index contributed by atoms with van der Waals surface area (Å²) >= 11 is 0. The third-order valence-electron chi connectivity index (χ3n) is 3.54. The zero-order chi connectivity index (χ0) is 17.9. The molecule has 0 aromatic rings. The van der Waals surface area contributed by atoms with Crippen LogP contribution >= 0.6 is 0 Å². The van der Waals surface area contributed by atoms with Crippen molar-refractivity contribution < 1.29 is 19.4 Å². The number of esters is 1. The normalized spacial score (nSPS) is 10.1. The Morgan fingerprint density at radius 1 is 0.870 bits per heavy atom. The van der Waals surface area contributed by atoms with Gasteiger partial charge in [0.1, 0.15) is 6.61 Å². The lowest BCUT2D eigenvalue weighted by Crippen LogP contribution is -2.27. The number of nitrogens with zero attached hydrogens (tertiary/aromatic N) is 1. The highest BCUT2D eigenvalue weighted by Gasteiger charge is 2.03. The van der Waals surface area contributed by atoms with Crippen LogP contribution in [0.1, 0.15) is 79.1 Å². The van der Waals surface area contributed by atoms with Gasteiger partial charge in [0.05, 0.1) is 0 Å². The Balaban J connectivity index is 0. The number of aliphatic carboxylic acids is 1. The first kappa shape index (κ1) is 24.2. The molecule has 0 spiro atoms. The lowest BCUT2D eigenvalue weighted by atomic mass is 10.2. The Kier molecular flexibility index (Phi) is 19.9. The van der Waals surface area contributed by atoms with E-state index in [-0.39, 0.29) is 5.97 Å². The molecule has 0 aromatic heterocycles. The first-order valence-electron chi connectivity index (χ1n) is 9.11. The van der Waals surface area contributed by atoms with Crippen LogP contribution in [0.25, 0.3) is 0 Å². The number of unbranched alkanes of at least 4 members (excludes halogenated alkanes) is 4. The molecule has 0 bridgehead atoms. The zero-order valence-corrected chi connectivity index (χ0v) is 15.6. The van der Waals surface area contributed by atoms with Crippen molar-refractivity contribution in [2.75, 3.05) is 26.2 Å². The van der Waals surface area contributed by atoms with Gasteiger partial charge < -0.3 is 14.7 Å². The molecule has 0 radical (unpaired) electrons. The number of hydrogen-bond donors (Lipinski definition) is 1. The molecule has 0 heterocycles. The van der Waals surface area contributed by atoms with Crippen molar-refractivity contribution in [1.82, 2.24) is 4.90 Å². The van der Waals surface area contributed by atoms with Crippen molar-refractivity contribution in [3.05, 3.63) is 0 Å². The second-order valence-electron chi connectivity index (χ2n) is 5.56. The van der Waals surface area contributed by atoms with Gasteiger partial charge in [-0.25, -0.2) is 0 Å². The molecule has 23 heavy (non-hydrogen) atoms. The smallest absolute Gasteiger partial charge is 0.305 e. The van der Waals surface area contributed by atoms with Crippen molar-refractivity contribution in [3.8, 4) is 0 Å². The van der Waals surface area contributed by atoms with E-state index in [1.54, 1.807) is 0 Å². The number of hydrogen-bond acceptors (Lipinski definition) is 4. The van der Waals surface area contributed by atoms with Crippen LogP contribution in [0.3, 0.4) is 0 Å². The zero-order valence-electron chi connectivity index (χ0n) is 15.6. The van der Waals surface area contributed by atoms with Gasteiger partial charge in [-0.3, -0.25) is 9.59 Å². The topological polar surface area (TPSA) is 66.8 Å². The highest BCUT2D eigenvalue weighted by molar-refractivity contribution is 5.69. The maximum atomic E-state index is 11.2. The fraction of sp³-hybridized carbons (Fsp3) is 0.889. The third kappa shape index (κ3) is 20.9. The monoisotopic (exact) mass is 331 g/mol. The summed E-state index contributed by atoms with van der Waals surface area (Å²) < 4.78 is 5.14. The van der Waals surface area contributed by atoms with Crippen LogP contribution in [0.15, 0.2) is 0 Å². The van der Waals surface area contributed by atoms with Gasteiger partial charge in [0, 0.05) is 19.4 Å². The van der Waals surface area contributed by atoms with Gasteiger partial charge >= 0.3 is 11.9 Å². The summed E-state index contributed by atoms with van der Waals surface area (Å²) in [7, 11) is 0. The molecule has 5 nitrogen and oxygen atoms in total. The molecule has 0 unspecified atom stereocenters. The first-order valence-corrected chi connectivity index (χ1v) is 9.11. The number of rotatable bonds is 13. The van der Waals surface area contributed by atoms with E-state index in [0.29, 0.717) is 19.4 Å². The molecule has 0 aliphatic rings. The van der Waals surface area contributed by atoms with Crippen molar-refractivity contribution in [1.29, 1.82) is 0 Å². The number of carboxylic acid groups (broad SMARTS) is 1. The summed E-state index contributed by atoms with van der Waals surface area (Å²) in [6.45, 7) is 11.8. The van der Waals surface area contributed by atoms with Gasteiger partial charge in [-0.05, 0) is 25.9 Å². The van der Waals surface area contributed by atoms with E-state index in [0.717, 1.165) is 58.2 Å². The summed E-state index contributed by atoms with van der Waals surface area (Å²) in [6, 6.07) is 0. The maximum absolute atomic E-state index is 11.2. The Hall–Kier alpha value is -1.10. The lowest BCUT2D eigenvalue weighted by Gasteiger charge is -2.17. The van der Waals surface area contributed by atoms with Crippen LogP contribution in [0.5, 0.6) is 0 Å². The molecule has 0 atom stereocenters. The quantitative estimate of drug-likeness (QED) is 0.406. The van der Waals surface area contributed by atoms with Crippen molar-refractivity contribution in [2.24, 2.45) is 0 Å². The molecule has 0 saturated carbocycles. The second-order valence-corrected chi connectivity index (χ2v) is 5.56. The van der Waals surface area contributed by atoms with Gasteiger partial charge in [-0.15, -0.1) is 0 Å². The third-order valence-corrected chi connectivity index (χ3v) is 3.54. The fourth-order valence-electron chi connectivity index (χ4n) is 1.95. The van der Waals surface area contributed by atoms with E-state index < -0.39 is 5.97 Å². The Morgan fingerprint density at radius 3 is 1.83 bits per heavy atom. The SMILES string of the molecule is CCCCCC(=O)O.CCCCCC(=O)OCCN(CC)CC. The van der Waals surface area contributed by atoms with E-state index in [1.807, 2.05) is 0 Å². The van der Waals surface area contributed by atoms with Crippen LogP contribution in [0.2, 0.25) is 0 Å². The van der Waals surface area contributed by atoms with E-state index in [4.69, 9.17) is 9.84 Å². The highest BCUT2D eigenvalue weighted by atomic mass is 16.5. The fourth-order valence-corrected chi connectivity index (χ4v) is 1.95. The molecular weight excluding hydrogens is 294 g/mol. The minimum atomic E-state index is -0.682. The molecule has 5 heteroatoms. The largest absolute Gasteiger partial charge is 0.481 e. The van der Waals surface area contributed by atoms with Gasteiger partial charge in [-0.2, -0.15) is 0 Å². The molecule has 0 fully saturated rings. The number of ether oxygens (including phenoxy) is 1. The highest BCUT2D eigenvalue weighted by Crippen LogP contribution is 2.00. The maximum Gasteiger partial charge on any atom is 0.305 e. The Morgan fingerprint density at radius 2 is 1.39 bits per heavy atom. The Bertz CT molecular complexity index is 278. The molecule has 138 valence electrons. The van der Waals surface area contributed by atoms with Gasteiger partial charge in [0.15, 0.2) is 0 Å². The molecular formula is C18H37NO4. The molecule has 1 N–H and O–H groups in total. The molecule has 0 aromatic carbocycles. The number of carboxylic acids is 1. The Labute approximate surface area is 142 Å². The standard InChI is InChI=1S/C12H25NO2.C6H12O2/c1-4-7-8-9-12(14)15-11-10-13(5-2)6-3;1-2-3-4-5-6(7)8/h4-11H2,1-3H3;2-5H2,1H3,(H,7,8). The molecule has 0 aliphatic carbocycles. The minimum Gasteiger partial charge on any atom is -0.481 e. The van der Waals surface area contributed by atoms with Crippen molar-refractivity contribution in [3.63, 3.8) is 0 Å². The molecule has 0 aliphatic heterocycles. The van der Waals surface area contributed by atoms with Crippen LogP contribution < -0.4 is 0 Å². The first-order chi connectivity index (χ1) is 11.0. The lowest BCUT2D eigenvalue weighted by molar-refractivity contribution is -0.144. The van der Waals surface area contributed by atoms with Gasteiger partial charge in [0.2, 0.25) is 0 Å². The number of carbonyl (C=O) groups excluding carboxylic acids is 1. The van der Waals surface area contributed by atoms with E-state index >= 15 is 0 Å². The van der Waals surface area contributed by atoms with Gasteiger partial charge in [-0.1, -0.05) is 53.4 Å². The van der Waals surface area contributed by atoms with E-state index in [2.05, 4.69) is 32.6 Å². The predicted molar refractivity (Wildman–Crippen MR) is 94.7 cm³/mol. The minimum absolute atomic E-state index is 0.0457. The summed E-state index contributed by atoms with van der Waals surface area (Å²) in [5, 5.41) is 8.14. The molecule has 0 saturated heterocycles. The number of carbonyl (C=O) groups is 2. The van der Waals surface area contributed by atoms with Crippen LogP contribution in [0, 0.1) is 0 Å². The van der Waals surface area contributed by atoms with E-state index in [9.17, 15) is 9.59 Å². The summed E-state index contributed by atoms with van der Waals surface area (Å²) in [5.41, 5.74) is 0. The van der Waals surface area contributed by atoms with E-state index in [1.165, 1.54) is 0 Å². The second kappa shape index (κ2) is 18.9. The van der Waals surface area contributed by atoms with Gasteiger partial charge in [0.25, 0.3) is 0 Å². The predicted octanol–water partition coefficient (Wildman–Crippen LogP) is 4.10. The molecule has 0 amide bonds. The van der Waals surface area contributed by atoms with Crippen molar-refractivity contribution in [2.45, 2.75) is 79.1 Å². The number of likely N-dealkylation sites (N-methyl/N-ethyl adjacent to an activating group) is 1. The van der Waals surface area contributed by atoms with Crippen LogP contribution in [0.4, 0.5) is 0 Å². The summed E-state index contributed by atoms with van der Waals surface area (Å²) in [6.07, 6.45) is 7.07.